The second kappa shape index (κ2) is 13.0. The lowest BCUT2D eigenvalue weighted by Crippen LogP contribution is -2.61. The van der Waals surface area contributed by atoms with Crippen LogP contribution in [0.15, 0.2) is 30.3 Å². The topological polar surface area (TPSA) is 93.1 Å². The van der Waals surface area contributed by atoms with Crippen molar-refractivity contribution in [1.29, 1.82) is 0 Å². The van der Waals surface area contributed by atoms with Crippen LogP contribution in [0.2, 0.25) is 0 Å². The minimum atomic E-state index is -0.979. The van der Waals surface area contributed by atoms with Gasteiger partial charge in [0.05, 0.1) is 23.6 Å². The predicted molar refractivity (Wildman–Crippen MR) is 161 cm³/mol. The molecule has 7 nitrogen and oxygen atoms in total. The van der Waals surface area contributed by atoms with Crippen LogP contribution in [0.3, 0.4) is 0 Å². The molecule has 3 aliphatic rings. The molecule has 0 aromatic heterocycles. The molecular formula is C30H47N3O4S2. The highest BCUT2D eigenvalue weighted by atomic mass is 32.2. The summed E-state index contributed by atoms with van der Waals surface area (Å²) < 4.78 is 0. The van der Waals surface area contributed by atoms with E-state index in [1.807, 2.05) is 62.9 Å². The van der Waals surface area contributed by atoms with Gasteiger partial charge in [-0.3, -0.25) is 14.6 Å². The van der Waals surface area contributed by atoms with Crippen molar-refractivity contribution in [2.45, 2.75) is 94.7 Å². The van der Waals surface area contributed by atoms with Crippen LogP contribution in [0.1, 0.15) is 59.4 Å². The van der Waals surface area contributed by atoms with E-state index in [0.717, 1.165) is 42.9 Å². The Hall–Kier alpha value is -1.42. The number of piperidine rings is 1. The van der Waals surface area contributed by atoms with Crippen LogP contribution in [0.4, 0.5) is 4.79 Å². The fraction of sp³-hybridized carbons (Fsp3) is 0.733. The fourth-order valence-electron chi connectivity index (χ4n) is 6.50. The lowest BCUT2D eigenvalue weighted by atomic mass is 9.88. The first-order chi connectivity index (χ1) is 18.4. The van der Waals surface area contributed by atoms with Crippen molar-refractivity contribution < 1.29 is 19.8 Å². The lowest BCUT2D eigenvalue weighted by molar-refractivity contribution is -0.130. The second-order valence-electron chi connectivity index (χ2n) is 12.9. The van der Waals surface area contributed by atoms with E-state index >= 15 is 0 Å². The summed E-state index contributed by atoms with van der Waals surface area (Å²) in [6.45, 7) is 11.3. The molecule has 7 atom stereocenters. The van der Waals surface area contributed by atoms with Gasteiger partial charge in [-0.2, -0.15) is 11.8 Å². The minimum absolute atomic E-state index is 0.00145. The minimum Gasteiger partial charge on any atom is -0.465 e. The van der Waals surface area contributed by atoms with E-state index in [0.29, 0.717) is 23.5 Å². The zero-order valence-corrected chi connectivity index (χ0v) is 25.7. The molecule has 0 aliphatic carbocycles. The number of β-amino-alcohol motifs (C(OH)–C–C–N with tert-alkyl or cyclic N) is 1. The van der Waals surface area contributed by atoms with Gasteiger partial charge in [-0.15, -0.1) is 11.8 Å². The maximum atomic E-state index is 13.5. The van der Waals surface area contributed by atoms with Crippen LogP contribution in [-0.2, 0) is 11.2 Å². The van der Waals surface area contributed by atoms with Gasteiger partial charge in [0, 0.05) is 23.9 Å². The number of amides is 2. The highest BCUT2D eigenvalue weighted by Crippen LogP contribution is 2.42. The smallest absolute Gasteiger partial charge is 0.408 e. The molecule has 1 aromatic rings. The van der Waals surface area contributed by atoms with E-state index < -0.39 is 18.2 Å². The Balaban J connectivity index is 1.62. The normalized spacial score (nSPS) is 29.2. The molecule has 2 unspecified atom stereocenters. The Morgan fingerprint density at radius 2 is 1.82 bits per heavy atom. The van der Waals surface area contributed by atoms with Crippen molar-refractivity contribution in [3.05, 3.63) is 35.9 Å². The summed E-state index contributed by atoms with van der Waals surface area (Å²) in [4.78, 5) is 30.1. The zero-order chi connectivity index (χ0) is 28.3. The number of nitrogens with one attached hydrogen (secondary N) is 1. The molecule has 0 radical (unpaired) electrons. The highest BCUT2D eigenvalue weighted by molar-refractivity contribution is 8.00. The summed E-state index contributed by atoms with van der Waals surface area (Å²) in [5, 5.41) is 25.9. The van der Waals surface area contributed by atoms with E-state index in [1.165, 1.54) is 0 Å². The van der Waals surface area contributed by atoms with Crippen LogP contribution in [0.5, 0.6) is 0 Å². The number of hydrogen-bond donors (Lipinski definition) is 3. The molecular weight excluding hydrogens is 530 g/mol. The Bertz CT molecular complexity index is 973. The average molecular weight is 578 g/mol. The Morgan fingerprint density at radius 1 is 1.13 bits per heavy atom. The van der Waals surface area contributed by atoms with Crippen molar-refractivity contribution >= 4 is 35.5 Å². The van der Waals surface area contributed by atoms with E-state index in [4.69, 9.17) is 0 Å². The summed E-state index contributed by atoms with van der Waals surface area (Å²) >= 11 is 3.66. The number of carbonyl (C=O) groups is 2. The van der Waals surface area contributed by atoms with Gasteiger partial charge in [-0.25, -0.2) is 4.79 Å². The third-order valence-corrected chi connectivity index (χ3v) is 11.3. The lowest BCUT2D eigenvalue weighted by Gasteiger charge is -2.45. The molecule has 3 fully saturated rings. The zero-order valence-electron chi connectivity index (χ0n) is 24.1. The van der Waals surface area contributed by atoms with Gasteiger partial charge in [0.1, 0.15) is 0 Å². The molecule has 0 saturated carbocycles. The number of nitrogens with zero attached hydrogens (tertiary/aromatic N) is 2. The molecule has 3 saturated heterocycles. The largest absolute Gasteiger partial charge is 0.465 e. The Morgan fingerprint density at radius 3 is 2.46 bits per heavy atom. The molecule has 1 aromatic carbocycles. The number of aliphatic hydroxyl groups is 1. The van der Waals surface area contributed by atoms with Gasteiger partial charge in [0.15, 0.2) is 0 Å². The number of carbonyl (C=O) groups excluding carboxylic acids is 1. The van der Waals surface area contributed by atoms with Crippen LogP contribution >= 0.6 is 23.5 Å². The quantitative estimate of drug-likeness (QED) is 0.389. The maximum absolute atomic E-state index is 13.5. The molecule has 39 heavy (non-hydrogen) atoms. The number of thioether (sulfide) groups is 2. The summed E-state index contributed by atoms with van der Waals surface area (Å²) in [5.41, 5.74) is 0.660. The summed E-state index contributed by atoms with van der Waals surface area (Å²) in [6.07, 6.45) is 1.40. The molecule has 3 heterocycles. The molecule has 0 bridgehead atoms. The number of likely N-dealkylation sites (tertiary alicyclic amines) is 1. The van der Waals surface area contributed by atoms with E-state index in [1.54, 1.807) is 16.7 Å². The van der Waals surface area contributed by atoms with Crippen molar-refractivity contribution in [2.75, 3.05) is 24.6 Å². The third-order valence-electron chi connectivity index (χ3n) is 8.48. The van der Waals surface area contributed by atoms with Crippen molar-refractivity contribution in [3.63, 3.8) is 0 Å². The third kappa shape index (κ3) is 7.66. The van der Waals surface area contributed by atoms with Gasteiger partial charge < -0.3 is 15.5 Å². The summed E-state index contributed by atoms with van der Waals surface area (Å²) in [6, 6.07) is 8.94. The Labute approximate surface area is 242 Å². The molecule has 9 heteroatoms. The molecule has 3 aliphatic heterocycles. The van der Waals surface area contributed by atoms with Crippen LogP contribution in [-0.4, -0.2) is 91.0 Å². The SMILES string of the molecule is CC(C)[C@H]1CCS[C@H]1N(C(=O)O)[C@H](Cc1ccccc1)[C@H](O)CN1CC2CCSC2C[C@@H]1C(=O)NC(C)(C)C. The predicted octanol–water partition coefficient (Wildman–Crippen LogP) is 4.78. The van der Waals surface area contributed by atoms with Gasteiger partial charge >= 0.3 is 6.09 Å². The van der Waals surface area contributed by atoms with Crippen LogP contribution < -0.4 is 5.32 Å². The number of fused-ring (bicyclic) bond motifs is 1. The van der Waals surface area contributed by atoms with Crippen LogP contribution in [0, 0.1) is 17.8 Å². The van der Waals surface area contributed by atoms with Crippen molar-refractivity contribution in [1.82, 2.24) is 15.1 Å². The first-order valence-corrected chi connectivity index (χ1v) is 16.6. The van der Waals surface area contributed by atoms with E-state index in [9.17, 15) is 19.8 Å². The highest BCUT2D eigenvalue weighted by Gasteiger charge is 2.46. The first kappa shape index (κ1) is 30.5. The first-order valence-electron chi connectivity index (χ1n) is 14.5. The standard InChI is InChI=1S/C30H47N3O4S2/c1-19(2)22-12-14-39-28(22)33(29(36)37)23(15-20-9-7-6-8-10-20)25(34)18-32-17-21-11-13-38-26(21)16-24(32)27(35)31-30(3,4)5/h6-10,19,21-26,28,34H,11-18H2,1-5H3,(H,31,35)(H,36,37)/t21?,22-,23-,24-,25-,26?,28-/m1/s1. The van der Waals surface area contributed by atoms with Gasteiger partial charge in [0.2, 0.25) is 5.91 Å². The summed E-state index contributed by atoms with van der Waals surface area (Å²) in [7, 11) is 0. The molecule has 4 rings (SSSR count). The molecule has 218 valence electrons. The number of benzene rings is 1. The van der Waals surface area contributed by atoms with E-state index in [2.05, 4.69) is 24.1 Å². The molecule has 3 N–H and O–H groups in total. The number of aliphatic hydroxyl groups excluding tert-OH is 1. The molecule has 0 spiro atoms. The van der Waals surface area contributed by atoms with Gasteiger partial charge in [-0.05, 0) is 81.3 Å². The van der Waals surface area contributed by atoms with Gasteiger partial charge in [0.25, 0.3) is 0 Å². The van der Waals surface area contributed by atoms with Crippen molar-refractivity contribution in [2.24, 2.45) is 17.8 Å². The Kier molecular flexibility index (Phi) is 10.2. The number of rotatable bonds is 9. The second-order valence-corrected chi connectivity index (χ2v) is 15.4. The van der Waals surface area contributed by atoms with Crippen LogP contribution in [0.25, 0.3) is 0 Å². The fourth-order valence-corrected chi connectivity index (χ4v) is 9.81. The molecule has 2 amide bonds. The average Bonchev–Trinajstić information content (AvgIpc) is 3.52. The summed E-state index contributed by atoms with van der Waals surface area (Å²) in [5.74, 6) is 3.13. The number of hydrogen-bond acceptors (Lipinski definition) is 6. The monoisotopic (exact) mass is 577 g/mol. The number of carboxylic acid groups (broad SMARTS) is 1. The maximum Gasteiger partial charge on any atom is 0.408 e. The van der Waals surface area contributed by atoms with Gasteiger partial charge in [-0.1, -0.05) is 44.2 Å². The van der Waals surface area contributed by atoms with Crippen molar-refractivity contribution in [3.8, 4) is 0 Å². The van der Waals surface area contributed by atoms with E-state index in [-0.39, 0.29) is 35.3 Å².